The van der Waals surface area contributed by atoms with Crippen LogP contribution < -0.4 is 0 Å². The van der Waals surface area contributed by atoms with Crippen LogP contribution in [-0.2, 0) is 20.0 Å². The average molecular weight is 433 g/mol. The molecule has 0 unspecified atom stereocenters. The fourth-order valence-corrected chi connectivity index (χ4v) is 5.26. The van der Waals surface area contributed by atoms with Gasteiger partial charge in [-0.2, -0.15) is 0 Å². The molecule has 0 atom stereocenters. The molecular weight excluding hydrogens is 412 g/mol. The first-order valence-corrected chi connectivity index (χ1v) is 11.2. The molecule has 0 N–H and O–H groups in total. The Morgan fingerprint density at radius 2 is 0.962 bits per heavy atom. The summed E-state index contributed by atoms with van der Waals surface area (Å²) in [5.74, 6) is 0. The summed E-state index contributed by atoms with van der Waals surface area (Å²) in [6.45, 7) is 0. The highest BCUT2D eigenvalue weighted by Gasteiger charge is 2.22. The summed E-state index contributed by atoms with van der Waals surface area (Å²) in [7, 11) is -1.38. The van der Waals surface area contributed by atoms with Crippen LogP contribution in [0.25, 0.3) is 11.1 Å². The van der Waals surface area contributed by atoms with Crippen LogP contribution >= 0.6 is 25.3 Å². The van der Waals surface area contributed by atoms with Crippen LogP contribution in [0.5, 0.6) is 0 Å². The Labute approximate surface area is 165 Å². The third-order valence-electron chi connectivity index (χ3n) is 3.77. The van der Waals surface area contributed by atoms with Crippen LogP contribution in [-0.4, -0.2) is 53.6 Å². The topological polar surface area (TPSA) is 74.8 Å². The Hall–Kier alpha value is -1.04. The third kappa shape index (κ3) is 3.95. The number of hydrogen-bond donors (Lipinski definition) is 2. The van der Waals surface area contributed by atoms with Gasteiger partial charge in [-0.15, -0.1) is 25.3 Å². The first-order chi connectivity index (χ1) is 11.9. The first kappa shape index (κ1) is 21.3. The predicted octanol–water partition coefficient (Wildman–Crippen LogP) is 2.43. The van der Waals surface area contributed by atoms with Gasteiger partial charge in [-0.05, 0) is 35.4 Å². The highest BCUT2D eigenvalue weighted by Crippen LogP contribution is 2.32. The van der Waals surface area contributed by atoms with Crippen molar-refractivity contribution in [3.05, 3.63) is 36.4 Å². The van der Waals surface area contributed by atoms with Gasteiger partial charge < -0.3 is 0 Å². The molecule has 0 aromatic heterocycles. The fraction of sp³-hybridized carbons (Fsp3) is 0.250. The van der Waals surface area contributed by atoms with E-state index in [-0.39, 0.29) is 9.79 Å². The van der Waals surface area contributed by atoms with Crippen molar-refractivity contribution in [2.45, 2.75) is 19.6 Å². The molecule has 10 heteroatoms. The molecule has 2 aromatic carbocycles. The lowest BCUT2D eigenvalue weighted by molar-refractivity contribution is 0.517. The molecule has 0 spiro atoms. The van der Waals surface area contributed by atoms with Gasteiger partial charge in [0.15, 0.2) is 0 Å². The standard InChI is InChI=1S/C16H20N2O4S4/c1-17(2)25(19,20)15-7-5-11(9-13(15)23)12-6-8-16(14(24)10-12)26(21,22)18(3)4/h5-10,23-24H,1-4H3. The SMILES string of the molecule is CN(C)S(=O)(=O)c1ccc(-c2ccc(S(=O)(=O)N(C)C)c(S)c2)cc1S. The van der Waals surface area contributed by atoms with Gasteiger partial charge in [-0.25, -0.2) is 25.4 Å². The van der Waals surface area contributed by atoms with Crippen LogP contribution in [0.15, 0.2) is 56.0 Å². The van der Waals surface area contributed by atoms with E-state index in [1.165, 1.54) is 40.3 Å². The lowest BCUT2D eigenvalue weighted by Gasteiger charge is -2.15. The zero-order valence-electron chi connectivity index (χ0n) is 14.7. The normalized spacial score (nSPS) is 12.8. The molecule has 0 aliphatic carbocycles. The summed E-state index contributed by atoms with van der Waals surface area (Å²) in [6.07, 6.45) is 0. The molecule has 0 aliphatic rings. The molecular formula is C16H20N2O4S4. The summed E-state index contributed by atoms with van der Waals surface area (Å²) in [4.78, 5) is 0.823. The molecule has 0 bridgehead atoms. The molecule has 0 amide bonds. The van der Waals surface area contributed by atoms with E-state index in [9.17, 15) is 16.8 Å². The lowest BCUT2D eigenvalue weighted by Crippen LogP contribution is -2.22. The zero-order valence-corrected chi connectivity index (χ0v) is 18.1. The minimum Gasteiger partial charge on any atom is -0.207 e. The van der Waals surface area contributed by atoms with Crippen molar-refractivity contribution in [2.24, 2.45) is 0 Å². The second-order valence-electron chi connectivity index (χ2n) is 5.94. The van der Waals surface area contributed by atoms with E-state index in [4.69, 9.17) is 0 Å². The third-order valence-corrected chi connectivity index (χ3v) is 8.56. The largest absolute Gasteiger partial charge is 0.243 e. The molecule has 6 nitrogen and oxygen atoms in total. The Balaban J connectivity index is 2.51. The van der Waals surface area contributed by atoms with Crippen LogP contribution in [0, 0.1) is 0 Å². The van der Waals surface area contributed by atoms with E-state index in [1.54, 1.807) is 24.3 Å². The second-order valence-corrected chi connectivity index (χ2v) is 11.1. The van der Waals surface area contributed by atoms with Crippen molar-refractivity contribution in [1.29, 1.82) is 0 Å². The molecule has 0 saturated heterocycles. The number of nitrogens with zero attached hydrogens (tertiary/aromatic N) is 2. The molecule has 142 valence electrons. The van der Waals surface area contributed by atoms with Gasteiger partial charge in [0.2, 0.25) is 20.0 Å². The van der Waals surface area contributed by atoms with Crippen molar-refractivity contribution < 1.29 is 16.8 Å². The van der Waals surface area contributed by atoms with E-state index in [0.29, 0.717) is 20.9 Å². The Bertz CT molecular complexity index is 960. The minimum absolute atomic E-state index is 0.104. The van der Waals surface area contributed by atoms with Gasteiger partial charge in [0, 0.05) is 38.0 Å². The monoisotopic (exact) mass is 432 g/mol. The highest BCUT2D eigenvalue weighted by atomic mass is 32.2. The Morgan fingerprint density at radius 1 is 0.654 bits per heavy atom. The quantitative estimate of drug-likeness (QED) is 0.712. The number of hydrogen-bond acceptors (Lipinski definition) is 6. The maximum Gasteiger partial charge on any atom is 0.243 e. The van der Waals surface area contributed by atoms with Crippen LogP contribution in [0.4, 0.5) is 0 Å². The van der Waals surface area contributed by atoms with Gasteiger partial charge in [-0.1, -0.05) is 12.1 Å². The molecule has 0 radical (unpaired) electrons. The molecule has 26 heavy (non-hydrogen) atoms. The van der Waals surface area contributed by atoms with Gasteiger partial charge in [0.1, 0.15) is 0 Å². The van der Waals surface area contributed by atoms with Gasteiger partial charge in [0.05, 0.1) is 9.79 Å². The summed E-state index contributed by atoms with van der Waals surface area (Å²) in [5.41, 5.74) is 1.41. The zero-order chi connectivity index (χ0) is 19.9. The van der Waals surface area contributed by atoms with E-state index in [2.05, 4.69) is 25.3 Å². The van der Waals surface area contributed by atoms with Crippen molar-refractivity contribution in [1.82, 2.24) is 8.61 Å². The van der Waals surface area contributed by atoms with Crippen molar-refractivity contribution in [3.63, 3.8) is 0 Å². The fourth-order valence-electron chi connectivity index (χ4n) is 2.22. The molecule has 0 fully saturated rings. The maximum atomic E-state index is 12.3. The summed E-state index contributed by atoms with van der Waals surface area (Å²) in [6, 6.07) is 9.52. The number of benzene rings is 2. The predicted molar refractivity (Wildman–Crippen MR) is 108 cm³/mol. The maximum absolute atomic E-state index is 12.3. The number of thiol groups is 2. The Kier molecular flexibility index (Phi) is 6.16. The summed E-state index contributed by atoms with van der Waals surface area (Å²) < 4.78 is 51.3. The summed E-state index contributed by atoms with van der Waals surface area (Å²) >= 11 is 8.59. The Morgan fingerprint density at radius 3 is 1.19 bits per heavy atom. The minimum atomic E-state index is -3.59. The second kappa shape index (κ2) is 7.53. The molecule has 0 saturated carbocycles. The van der Waals surface area contributed by atoms with Crippen LogP contribution in [0.1, 0.15) is 0 Å². The van der Waals surface area contributed by atoms with Crippen molar-refractivity contribution >= 4 is 45.3 Å². The van der Waals surface area contributed by atoms with E-state index < -0.39 is 20.0 Å². The molecule has 2 rings (SSSR count). The number of rotatable bonds is 5. The average Bonchev–Trinajstić information content (AvgIpc) is 2.53. The number of sulfonamides is 2. The van der Waals surface area contributed by atoms with Gasteiger partial charge >= 0.3 is 0 Å². The first-order valence-electron chi connectivity index (χ1n) is 7.40. The van der Waals surface area contributed by atoms with Crippen molar-refractivity contribution in [3.8, 4) is 11.1 Å². The van der Waals surface area contributed by atoms with Gasteiger partial charge in [0.25, 0.3) is 0 Å². The smallest absolute Gasteiger partial charge is 0.207 e. The lowest BCUT2D eigenvalue weighted by atomic mass is 10.1. The van der Waals surface area contributed by atoms with E-state index in [0.717, 1.165) is 8.61 Å². The van der Waals surface area contributed by atoms with Crippen LogP contribution in [0.2, 0.25) is 0 Å². The highest BCUT2D eigenvalue weighted by molar-refractivity contribution is 7.90. The molecule has 2 aromatic rings. The van der Waals surface area contributed by atoms with Crippen LogP contribution in [0.3, 0.4) is 0 Å². The molecule has 0 aliphatic heterocycles. The van der Waals surface area contributed by atoms with E-state index >= 15 is 0 Å². The van der Waals surface area contributed by atoms with Gasteiger partial charge in [-0.3, -0.25) is 0 Å². The van der Waals surface area contributed by atoms with E-state index in [1.807, 2.05) is 0 Å². The molecule has 0 heterocycles. The van der Waals surface area contributed by atoms with Crippen molar-refractivity contribution in [2.75, 3.05) is 28.2 Å². The summed E-state index contributed by atoms with van der Waals surface area (Å²) in [5, 5.41) is 0.